The fourth-order valence-corrected chi connectivity index (χ4v) is 6.08. The highest BCUT2D eigenvalue weighted by Gasteiger charge is 2.73. The summed E-state index contributed by atoms with van der Waals surface area (Å²) in [4.78, 5) is 25.8. The fraction of sp³-hybridized carbons (Fsp3) is 0.571. The highest BCUT2D eigenvalue weighted by atomic mass is 35.5. The van der Waals surface area contributed by atoms with Crippen LogP contribution in [0.25, 0.3) is 11.0 Å². The summed E-state index contributed by atoms with van der Waals surface area (Å²) in [6.07, 6.45) is 3.96. The Hall–Kier alpha value is -1.39. The van der Waals surface area contributed by atoms with Gasteiger partial charge in [-0.1, -0.05) is 44.0 Å². The molecule has 5 rings (SSSR count). The number of aromatic nitrogens is 2. The van der Waals surface area contributed by atoms with E-state index in [0.717, 1.165) is 55.7 Å². The number of likely N-dealkylation sites (tertiary alicyclic amines) is 1. The van der Waals surface area contributed by atoms with Crippen LogP contribution in [0, 0.1) is 5.41 Å². The first-order valence-corrected chi connectivity index (χ1v) is 10.5. The molecule has 2 fully saturated rings. The Kier molecular flexibility index (Phi) is 3.51. The summed E-state index contributed by atoms with van der Waals surface area (Å²) in [5.41, 5.74) is 2.27. The second kappa shape index (κ2) is 5.36. The van der Waals surface area contributed by atoms with Gasteiger partial charge in [0.1, 0.15) is 0 Å². The summed E-state index contributed by atoms with van der Waals surface area (Å²) in [5.74, 6) is 0.237. The molecule has 142 valence electrons. The largest absolute Gasteiger partial charge is 0.342 e. The van der Waals surface area contributed by atoms with E-state index in [4.69, 9.17) is 33.2 Å². The predicted octanol–water partition coefficient (Wildman–Crippen LogP) is 4.89. The second-order valence-corrected chi connectivity index (χ2v) is 9.85. The van der Waals surface area contributed by atoms with Crippen molar-refractivity contribution in [3.63, 3.8) is 0 Å². The van der Waals surface area contributed by atoms with Crippen molar-refractivity contribution in [1.29, 1.82) is 0 Å². The van der Waals surface area contributed by atoms with Crippen molar-refractivity contribution >= 4 is 40.1 Å². The molecule has 1 aliphatic heterocycles. The molecule has 1 aromatic carbocycles. The van der Waals surface area contributed by atoms with E-state index in [-0.39, 0.29) is 16.7 Å². The predicted molar refractivity (Wildman–Crippen MR) is 107 cm³/mol. The molecule has 1 aromatic heterocycles. The summed E-state index contributed by atoms with van der Waals surface area (Å²) < 4.78 is 0. The van der Waals surface area contributed by atoms with Crippen LogP contribution in [0.4, 0.5) is 0 Å². The molecule has 2 aliphatic carbocycles. The Morgan fingerprint density at radius 2 is 1.52 bits per heavy atom. The number of fused-ring (bicyclic) bond motifs is 6. The number of hydrogen-bond donors (Lipinski definition) is 0. The van der Waals surface area contributed by atoms with Crippen molar-refractivity contribution in [3.8, 4) is 0 Å². The molecule has 2 heterocycles. The van der Waals surface area contributed by atoms with Gasteiger partial charge in [-0.2, -0.15) is 0 Å². The molecule has 1 amide bonds. The van der Waals surface area contributed by atoms with E-state index in [1.54, 1.807) is 12.1 Å². The van der Waals surface area contributed by atoms with Crippen LogP contribution >= 0.6 is 23.2 Å². The van der Waals surface area contributed by atoms with Gasteiger partial charge >= 0.3 is 0 Å². The summed E-state index contributed by atoms with van der Waals surface area (Å²) in [6.45, 7) is 8.40. The first-order chi connectivity index (χ1) is 12.7. The van der Waals surface area contributed by atoms with E-state index >= 15 is 0 Å². The van der Waals surface area contributed by atoms with E-state index < -0.39 is 5.41 Å². The molecular weight excluding hydrogens is 381 g/mol. The van der Waals surface area contributed by atoms with Crippen molar-refractivity contribution < 1.29 is 4.79 Å². The molecule has 1 saturated heterocycles. The summed E-state index contributed by atoms with van der Waals surface area (Å²) >= 11 is 12.4. The van der Waals surface area contributed by atoms with E-state index in [9.17, 15) is 4.79 Å². The van der Waals surface area contributed by atoms with Gasteiger partial charge in [0.25, 0.3) is 0 Å². The molecule has 3 aliphatic rings. The Balaban J connectivity index is 1.79. The lowest BCUT2D eigenvalue weighted by atomic mass is 9.63. The molecule has 2 aromatic rings. The molecule has 2 bridgehead atoms. The quantitative estimate of drug-likeness (QED) is 0.680. The Morgan fingerprint density at radius 3 is 2.11 bits per heavy atom. The maximum absolute atomic E-state index is 13.8. The average molecular weight is 404 g/mol. The van der Waals surface area contributed by atoms with Crippen molar-refractivity contribution in [2.45, 2.75) is 57.3 Å². The number of carbonyl (C=O) groups is 1. The van der Waals surface area contributed by atoms with E-state index in [0.29, 0.717) is 15.6 Å². The van der Waals surface area contributed by atoms with Crippen LogP contribution in [-0.4, -0.2) is 33.9 Å². The number of nitrogens with zero attached hydrogens (tertiary/aromatic N) is 3. The molecule has 6 heteroatoms. The lowest BCUT2D eigenvalue weighted by Gasteiger charge is -2.41. The topological polar surface area (TPSA) is 46.1 Å². The van der Waals surface area contributed by atoms with Gasteiger partial charge in [0.15, 0.2) is 0 Å². The van der Waals surface area contributed by atoms with Gasteiger partial charge in [-0.3, -0.25) is 4.79 Å². The summed E-state index contributed by atoms with van der Waals surface area (Å²) in [6, 6.07) is 3.55. The van der Waals surface area contributed by atoms with Gasteiger partial charge in [0.05, 0.1) is 37.9 Å². The van der Waals surface area contributed by atoms with E-state index in [1.807, 2.05) is 4.90 Å². The van der Waals surface area contributed by atoms with E-state index in [1.165, 1.54) is 0 Å². The number of hydrogen-bond acceptors (Lipinski definition) is 3. The smallest absolute Gasteiger partial charge is 0.235 e. The number of rotatable bonds is 1. The maximum Gasteiger partial charge on any atom is 0.235 e. The van der Waals surface area contributed by atoms with Crippen LogP contribution in [0.15, 0.2) is 12.1 Å². The molecule has 0 spiro atoms. The Morgan fingerprint density at radius 1 is 0.963 bits per heavy atom. The third-order valence-corrected chi connectivity index (χ3v) is 8.56. The molecule has 0 radical (unpaired) electrons. The van der Waals surface area contributed by atoms with Crippen LogP contribution in [0.5, 0.6) is 0 Å². The Labute approximate surface area is 169 Å². The van der Waals surface area contributed by atoms with Gasteiger partial charge in [0.2, 0.25) is 5.91 Å². The van der Waals surface area contributed by atoms with Crippen molar-refractivity contribution in [1.82, 2.24) is 14.9 Å². The Bertz CT molecular complexity index is 999. The minimum absolute atomic E-state index is 0.176. The third kappa shape index (κ3) is 1.94. The highest BCUT2D eigenvalue weighted by Crippen LogP contribution is 2.70. The SMILES string of the molecule is CC12CCC(C(=O)N3CCCC3)(c3nc4cc(Cl)c(Cl)cc4nc31)C2(C)C. The first kappa shape index (κ1) is 17.7. The zero-order valence-electron chi connectivity index (χ0n) is 15.9. The van der Waals surface area contributed by atoms with Crippen molar-refractivity contribution in [3.05, 3.63) is 33.6 Å². The minimum Gasteiger partial charge on any atom is -0.342 e. The number of carbonyl (C=O) groups excluding carboxylic acids is 1. The molecule has 1 saturated carbocycles. The average Bonchev–Trinajstić information content (AvgIpc) is 3.25. The summed E-state index contributed by atoms with van der Waals surface area (Å²) in [7, 11) is 0. The van der Waals surface area contributed by atoms with Crippen LogP contribution in [-0.2, 0) is 15.6 Å². The van der Waals surface area contributed by atoms with Gasteiger partial charge in [0, 0.05) is 18.5 Å². The van der Waals surface area contributed by atoms with Gasteiger partial charge < -0.3 is 4.90 Å². The van der Waals surface area contributed by atoms with Crippen molar-refractivity contribution in [2.75, 3.05) is 13.1 Å². The van der Waals surface area contributed by atoms with Crippen LogP contribution in [0.2, 0.25) is 10.0 Å². The van der Waals surface area contributed by atoms with Gasteiger partial charge in [-0.05, 0) is 43.2 Å². The molecule has 0 N–H and O–H groups in total. The maximum atomic E-state index is 13.8. The lowest BCUT2D eigenvalue weighted by Crippen LogP contribution is -2.52. The normalized spacial score (nSPS) is 30.9. The van der Waals surface area contributed by atoms with E-state index in [2.05, 4.69) is 20.8 Å². The minimum atomic E-state index is -0.602. The lowest BCUT2D eigenvalue weighted by molar-refractivity contribution is -0.140. The first-order valence-electron chi connectivity index (χ1n) is 9.69. The summed E-state index contributed by atoms with van der Waals surface area (Å²) in [5, 5.41) is 0.945. The molecule has 2 unspecified atom stereocenters. The van der Waals surface area contributed by atoms with Gasteiger partial charge in [-0.25, -0.2) is 9.97 Å². The molecule has 27 heavy (non-hydrogen) atoms. The zero-order chi connectivity index (χ0) is 19.2. The number of benzene rings is 1. The monoisotopic (exact) mass is 403 g/mol. The van der Waals surface area contributed by atoms with Crippen LogP contribution in [0.3, 0.4) is 0 Å². The third-order valence-electron chi connectivity index (χ3n) is 7.84. The fourth-order valence-electron chi connectivity index (χ4n) is 5.76. The van der Waals surface area contributed by atoms with Crippen molar-refractivity contribution in [2.24, 2.45) is 5.41 Å². The van der Waals surface area contributed by atoms with Crippen LogP contribution in [0.1, 0.15) is 57.8 Å². The van der Waals surface area contributed by atoms with Crippen LogP contribution < -0.4 is 0 Å². The highest BCUT2D eigenvalue weighted by molar-refractivity contribution is 6.42. The number of amides is 1. The van der Waals surface area contributed by atoms with Gasteiger partial charge in [-0.15, -0.1) is 0 Å². The zero-order valence-corrected chi connectivity index (χ0v) is 17.4. The second-order valence-electron chi connectivity index (χ2n) is 9.04. The standard InChI is InChI=1S/C21H23Cl2N3O/c1-19(2)20(3)6-7-21(19,18(27)26-8-4-5-9-26)17-16(20)24-14-10-12(22)13(23)11-15(14)25-17/h10-11H,4-9H2,1-3H3. The number of halogens is 2. The molecular formula is C21H23Cl2N3O. The molecule has 2 atom stereocenters. The molecule has 4 nitrogen and oxygen atoms in total.